The van der Waals surface area contributed by atoms with Crippen LogP contribution < -0.4 is 4.74 Å². The van der Waals surface area contributed by atoms with Gasteiger partial charge in [0, 0.05) is 12.7 Å². The average Bonchev–Trinajstić information content (AvgIpc) is 2.51. The summed E-state index contributed by atoms with van der Waals surface area (Å²) in [6.07, 6.45) is 1.38. The zero-order valence-electron chi connectivity index (χ0n) is 11.4. The van der Waals surface area contributed by atoms with Crippen molar-refractivity contribution >= 4 is 15.9 Å². The van der Waals surface area contributed by atoms with Gasteiger partial charge in [0.1, 0.15) is 11.2 Å². The highest BCUT2D eigenvalue weighted by molar-refractivity contribution is 9.10. The van der Waals surface area contributed by atoms with Gasteiger partial charge in [-0.1, -0.05) is 12.1 Å². The number of pyridine rings is 1. The third-order valence-electron chi connectivity index (χ3n) is 3.00. The number of hydrogen-bond donors (Lipinski definition) is 1. The lowest BCUT2D eigenvalue weighted by atomic mass is 10.0. The molecule has 1 aromatic carbocycles. The van der Waals surface area contributed by atoms with Crippen molar-refractivity contribution in [1.82, 2.24) is 4.98 Å². The number of nitriles is 1. The van der Waals surface area contributed by atoms with Crippen LogP contribution in [0.4, 0.5) is 0 Å². The van der Waals surface area contributed by atoms with Gasteiger partial charge in [-0.3, -0.25) is 0 Å². The summed E-state index contributed by atoms with van der Waals surface area (Å²) in [6.45, 7) is 0.514. The highest BCUT2D eigenvalue weighted by atomic mass is 79.9. The normalized spacial score (nSPS) is 10.1. The summed E-state index contributed by atoms with van der Waals surface area (Å²) in [6, 6.07) is 13.1. The monoisotopic (exact) mass is 346 g/mol. The number of aromatic nitrogens is 1. The lowest BCUT2D eigenvalue weighted by Crippen LogP contribution is -2.03. The molecule has 0 spiro atoms. The van der Waals surface area contributed by atoms with E-state index in [1.807, 2.05) is 24.3 Å². The zero-order chi connectivity index (χ0) is 15.1. The first-order chi connectivity index (χ1) is 10.2. The molecule has 0 aliphatic heterocycles. The molecule has 0 unspecified atom stereocenters. The maximum atomic E-state index is 8.97. The molecule has 21 heavy (non-hydrogen) atoms. The third-order valence-corrected chi connectivity index (χ3v) is 3.45. The lowest BCUT2D eigenvalue weighted by Gasteiger charge is -2.11. The number of hydrogen-bond acceptors (Lipinski definition) is 4. The molecule has 0 aliphatic rings. The minimum atomic E-state index is 0.129. The molecule has 2 rings (SSSR count). The lowest BCUT2D eigenvalue weighted by molar-refractivity contribution is 0.283. The van der Waals surface area contributed by atoms with Crippen LogP contribution in [0.25, 0.3) is 0 Å². The first kappa shape index (κ1) is 15.5. The van der Waals surface area contributed by atoms with E-state index in [0.29, 0.717) is 24.5 Å². The third kappa shape index (κ3) is 4.55. The first-order valence-corrected chi connectivity index (χ1v) is 7.40. The van der Waals surface area contributed by atoms with Gasteiger partial charge in [0.05, 0.1) is 11.6 Å². The second-order valence-electron chi connectivity index (χ2n) is 4.51. The summed E-state index contributed by atoms with van der Waals surface area (Å²) in [5.74, 6) is 0.543. The van der Waals surface area contributed by atoms with Crippen LogP contribution in [0.3, 0.4) is 0 Å². The van der Waals surface area contributed by atoms with E-state index < -0.39 is 0 Å². The molecule has 0 saturated heterocycles. The fraction of sp³-hybridized carbons (Fsp3) is 0.250. The number of aliphatic hydroxyl groups excluding tert-OH is 1. The highest BCUT2D eigenvalue weighted by Gasteiger charge is 2.06. The Morgan fingerprint density at radius 3 is 2.81 bits per heavy atom. The molecule has 0 saturated carbocycles. The Bertz CT molecular complexity index is 653. The van der Waals surface area contributed by atoms with E-state index in [-0.39, 0.29) is 6.61 Å². The average molecular weight is 347 g/mol. The first-order valence-electron chi connectivity index (χ1n) is 6.61. The number of benzene rings is 1. The summed E-state index contributed by atoms with van der Waals surface area (Å²) in [4.78, 5) is 4.22. The molecule has 0 amide bonds. The number of aryl methyl sites for hydroxylation is 1. The fourth-order valence-corrected chi connectivity index (χ4v) is 2.29. The maximum Gasteiger partial charge on any atom is 0.214 e. The molecule has 1 aromatic heterocycles. The number of rotatable bonds is 6. The predicted octanol–water partition coefficient (Wildman–Crippen LogP) is 3.22. The van der Waals surface area contributed by atoms with E-state index in [1.165, 1.54) is 0 Å². The van der Waals surface area contributed by atoms with Crippen LogP contribution in [0.15, 0.2) is 41.0 Å². The minimum Gasteiger partial charge on any atom is -0.473 e. The van der Waals surface area contributed by atoms with E-state index in [9.17, 15) is 0 Å². The van der Waals surface area contributed by atoms with Crippen LogP contribution in [0.5, 0.6) is 5.88 Å². The van der Waals surface area contributed by atoms with E-state index in [2.05, 4.69) is 27.0 Å². The van der Waals surface area contributed by atoms with Crippen LogP contribution in [0, 0.1) is 11.3 Å². The molecule has 108 valence electrons. The molecule has 0 fully saturated rings. The summed E-state index contributed by atoms with van der Waals surface area (Å²) < 4.78 is 6.40. The summed E-state index contributed by atoms with van der Waals surface area (Å²) in [5.41, 5.74) is 2.65. The Labute approximate surface area is 132 Å². The van der Waals surface area contributed by atoms with Gasteiger partial charge < -0.3 is 9.84 Å². The molecule has 1 heterocycles. The summed E-state index contributed by atoms with van der Waals surface area (Å²) in [5, 5.41) is 17.9. The van der Waals surface area contributed by atoms with E-state index >= 15 is 0 Å². The molecular formula is C16H15BrN2O2. The second kappa shape index (κ2) is 7.77. The molecule has 5 heteroatoms. The highest BCUT2D eigenvalue weighted by Crippen LogP contribution is 2.18. The van der Waals surface area contributed by atoms with Crippen molar-refractivity contribution in [1.29, 1.82) is 5.26 Å². The Kier molecular flexibility index (Phi) is 5.73. The molecular weight excluding hydrogens is 332 g/mol. The van der Waals surface area contributed by atoms with Crippen molar-refractivity contribution in [3.8, 4) is 11.9 Å². The summed E-state index contributed by atoms with van der Waals surface area (Å²) in [7, 11) is 0. The fourth-order valence-electron chi connectivity index (χ4n) is 1.96. The van der Waals surface area contributed by atoms with E-state index in [0.717, 1.165) is 22.2 Å². The van der Waals surface area contributed by atoms with Crippen molar-refractivity contribution in [2.75, 3.05) is 6.61 Å². The summed E-state index contributed by atoms with van der Waals surface area (Å²) >= 11 is 3.30. The molecule has 0 bridgehead atoms. The standard InChI is InChI=1S/C16H15BrN2O2/c17-15-4-1-5-16(19-15)21-11-14-7-6-12(10-18)9-13(14)3-2-8-20/h1,4-7,9,20H,2-3,8,11H2. The van der Waals surface area contributed by atoms with Crippen LogP contribution in [0.1, 0.15) is 23.1 Å². The van der Waals surface area contributed by atoms with Gasteiger partial charge in [-0.05, 0) is 58.1 Å². The van der Waals surface area contributed by atoms with Gasteiger partial charge in [-0.15, -0.1) is 0 Å². The second-order valence-corrected chi connectivity index (χ2v) is 5.32. The Balaban J connectivity index is 2.13. The Morgan fingerprint density at radius 1 is 1.24 bits per heavy atom. The van der Waals surface area contributed by atoms with Gasteiger partial charge in [-0.2, -0.15) is 5.26 Å². The van der Waals surface area contributed by atoms with Crippen molar-refractivity contribution in [3.05, 3.63) is 57.7 Å². The van der Waals surface area contributed by atoms with Crippen LogP contribution in [-0.4, -0.2) is 16.7 Å². The largest absolute Gasteiger partial charge is 0.473 e. The van der Waals surface area contributed by atoms with E-state index in [4.69, 9.17) is 15.1 Å². The van der Waals surface area contributed by atoms with Gasteiger partial charge in [0.15, 0.2) is 0 Å². The van der Waals surface area contributed by atoms with Crippen molar-refractivity contribution in [2.24, 2.45) is 0 Å². The van der Waals surface area contributed by atoms with Crippen LogP contribution in [0.2, 0.25) is 0 Å². The molecule has 0 radical (unpaired) electrons. The molecule has 0 aliphatic carbocycles. The quantitative estimate of drug-likeness (QED) is 0.815. The Morgan fingerprint density at radius 2 is 2.10 bits per heavy atom. The number of halogens is 1. The molecule has 0 atom stereocenters. The smallest absolute Gasteiger partial charge is 0.214 e. The van der Waals surface area contributed by atoms with Gasteiger partial charge >= 0.3 is 0 Å². The molecule has 1 N–H and O–H groups in total. The van der Waals surface area contributed by atoms with Gasteiger partial charge in [0.2, 0.25) is 5.88 Å². The molecule has 2 aromatic rings. The number of nitrogens with zero attached hydrogens (tertiary/aromatic N) is 2. The number of ether oxygens (including phenoxy) is 1. The maximum absolute atomic E-state index is 8.97. The van der Waals surface area contributed by atoms with Crippen molar-refractivity contribution < 1.29 is 9.84 Å². The minimum absolute atomic E-state index is 0.129. The van der Waals surface area contributed by atoms with Crippen molar-refractivity contribution in [2.45, 2.75) is 19.4 Å². The number of aliphatic hydroxyl groups is 1. The zero-order valence-corrected chi connectivity index (χ0v) is 13.0. The van der Waals surface area contributed by atoms with Gasteiger partial charge in [-0.25, -0.2) is 4.98 Å². The Hall–Kier alpha value is -1.90. The molecule has 4 nitrogen and oxygen atoms in total. The van der Waals surface area contributed by atoms with Crippen LogP contribution in [-0.2, 0) is 13.0 Å². The topological polar surface area (TPSA) is 66.1 Å². The van der Waals surface area contributed by atoms with Crippen LogP contribution >= 0.6 is 15.9 Å². The van der Waals surface area contributed by atoms with Crippen molar-refractivity contribution in [3.63, 3.8) is 0 Å². The van der Waals surface area contributed by atoms with E-state index in [1.54, 1.807) is 12.1 Å². The predicted molar refractivity (Wildman–Crippen MR) is 82.8 cm³/mol. The van der Waals surface area contributed by atoms with Gasteiger partial charge in [0.25, 0.3) is 0 Å². The SMILES string of the molecule is N#Cc1ccc(COc2cccc(Br)n2)c(CCCO)c1.